The van der Waals surface area contributed by atoms with E-state index in [1.807, 2.05) is 0 Å². The summed E-state index contributed by atoms with van der Waals surface area (Å²) >= 11 is 6.33. The summed E-state index contributed by atoms with van der Waals surface area (Å²) in [5, 5.41) is 18.8. The van der Waals surface area contributed by atoms with Crippen LogP contribution >= 0.6 is 24.0 Å². The number of aromatic carboxylic acids is 1. The van der Waals surface area contributed by atoms with E-state index in [9.17, 15) is 19.5 Å². The zero-order chi connectivity index (χ0) is 20.4. The fraction of sp³-hybridized carbons (Fsp3) is 0.0526. The highest BCUT2D eigenvalue weighted by atomic mass is 32.2. The number of phenols is 1. The molecule has 1 aliphatic rings. The second-order valence-electron chi connectivity index (χ2n) is 5.64. The van der Waals surface area contributed by atoms with Crippen molar-refractivity contribution in [3.63, 3.8) is 0 Å². The molecule has 1 aliphatic heterocycles. The summed E-state index contributed by atoms with van der Waals surface area (Å²) in [4.78, 5) is 37.0. The summed E-state index contributed by atoms with van der Waals surface area (Å²) in [5.41, 5.74) is 0.999. The fourth-order valence-electron chi connectivity index (χ4n) is 2.51. The van der Waals surface area contributed by atoms with Crippen LogP contribution in [0.3, 0.4) is 0 Å². The summed E-state index contributed by atoms with van der Waals surface area (Å²) in [7, 11) is 1.29. The molecule has 0 saturated carbocycles. The van der Waals surface area contributed by atoms with Crippen molar-refractivity contribution in [1.82, 2.24) is 0 Å². The summed E-state index contributed by atoms with van der Waals surface area (Å²) in [5.74, 6) is -2.58. The van der Waals surface area contributed by atoms with Gasteiger partial charge in [-0.15, -0.1) is 0 Å². The molecule has 9 heteroatoms. The van der Waals surface area contributed by atoms with E-state index in [1.54, 1.807) is 30.3 Å². The van der Waals surface area contributed by atoms with E-state index in [-0.39, 0.29) is 15.6 Å². The summed E-state index contributed by atoms with van der Waals surface area (Å²) in [6, 6.07) is 10.3. The number of carboxylic acid groups (broad SMARTS) is 1. The number of benzene rings is 2. The number of nitrogens with zero attached hydrogens (tertiary/aromatic N) is 1. The number of hydrogen-bond acceptors (Lipinski definition) is 7. The number of carbonyl (C=O) groups is 3. The summed E-state index contributed by atoms with van der Waals surface area (Å²) < 4.78 is 4.88. The van der Waals surface area contributed by atoms with Crippen molar-refractivity contribution in [3.05, 3.63) is 64.1 Å². The third-order valence-corrected chi connectivity index (χ3v) is 5.19. The molecule has 0 bridgehead atoms. The molecule has 3 rings (SSSR count). The molecule has 1 saturated heterocycles. The average Bonchev–Trinajstić information content (AvgIpc) is 2.95. The van der Waals surface area contributed by atoms with Crippen LogP contribution in [0.15, 0.2) is 47.4 Å². The highest BCUT2D eigenvalue weighted by molar-refractivity contribution is 8.27. The normalized spacial score (nSPS) is 15.2. The lowest BCUT2D eigenvalue weighted by molar-refractivity contribution is -0.113. The van der Waals surface area contributed by atoms with Gasteiger partial charge in [-0.1, -0.05) is 36.1 Å². The second-order valence-corrected chi connectivity index (χ2v) is 7.31. The van der Waals surface area contributed by atoms with Crippen molar-refractivity contribution in [2.45, 2.75) is 0 Å². The minimum Gasteiger partial charge on any atom is -0.507 e. The average molecular weight is 415 g/mol. The topological polar surface area (TPSA) is 104 Å². The van der Waals surface area contributed by atoms with Crippen molar-refractivity contribution >= 4 is 57.9 Å². The van der Waals surface area contributed by atoms with Crippen LogP contribution in [0.2, 0.25) is 0 Å². The number of hydrogen-bond donors (Lipinski definition) is 2. The lowest BCUT2D eigenvalue weighted by Gasteiger charge is -2.15. The van der Waals surface area contributed by atoms with Gasteiger partial charge in [-0.3, -0.25) is 9.69 Å². The third kappa shape index (κ3) is 3.75. The molecule has 142 valence electrons. The Morgan fingerprint density at radius 3 is 2.46 bits per heavy atom. The molecule has 0 aromatic heterocycles. The molecule has 0 atom stereocenters. The van der Waals surface area contributed by atoms with E-state index in [0.29, 0.717) is 16.0 Å². The first kappa shape index (κ1) is 19.6. The maximum atomic E-state index is 12.8. The number of methoxy groups -OCH3 is 1. The van der Waals surface area contributed by atoms with Crippen molar-refractivity contribution < 1.29 is 29.3 Å². The van der Waals surface area contributed by atoms with Gasteiger partial charge in [-0.05, 0) is 42.0 Å². The van der Waals surface area contributed by atoms with Gasteiger partial charge in [0.25, 0.3) is 5.91 Å². The number of carbonyl (C=O) groups excluding carboxylic acids is 2. The van der Waals surface area contributed by atoms with Gasteiger partial charge in [-0.2, -0.15) is 0 Å². The minimum absolute atomic E-state index is 0.240. The zero-order valence-electron chi connectivity index (χ0n) is 14.4. The molecule has 1 amide bonds. The first-order valence-corrected chi connectivity index (χ1v) is 9.07. The van der Waals surface area contributed by atoms with Crippen LogP contribution < -0.4 is 4.90 Å². The molecule has 0 aliphatic carbocycles. The smallest absolute Gasteiger partial charge is 0.339 e. The number of anilines is 1. The minimum atomic E-state index is -1.31. The van der Waals surface area contributed by atoms with Crippen LogP contribution in [0.1, 0.15) is 26.3 Å². The van der Waals surface area contributed by atoms with E-state index >= 15 is 0 Å². The SMILES string of the molecule is COC(=O)c1ccc(C=C2SC(=S)N(c3ccc(O)c(C(=O)O)c3)C2=O)cc1. The Labute approximate surface area is 169 Å². The number of thiocarbonyl (C=S) groups is 1. The molecule has 1 heterocycles. The van der Waals surface area contributed by atoms with E-state index < -0.39 is 23.6 Å². The van der Waals surface area contributed by atoms with Crippen LogP contribution in [-0.2, 0) is 9.53 Å². The molecule has 2 N–H and O–H groups in total. The van der Waals surface area contributed by atoms with Crippen molar-refractivity contribution in [2.75, 3.05) is 12.0 Å². The molecular formula is C19H13NO6S2. The van der Waals surface area contributed by atoms with Crippen molar-refractivity contribution in [3.8, 4) is 5.75 Å². The molecule has 0 radical (unpaired) electrons. The Morgan fingerprint density at radius 1 is 1.18 bits per heavy atom. The molecular weight excluding hydrogens is 402 g/mol. The summed E-state index contributed by atoms with van der Waals surface area (Å²) in [6.07, 6.45) is 1.62. The lowest BCUT2D eigenvalue weighted by atomic mass is 10.1. The van der Waals surface area contributed by atoms with Gasteiger partial charge in [-0.25, -0.2) is 9.59 Å². The Hall–Kier alpha value is -3.17. The predicted molar refractivity (Wildman–Crippen MR) is 108 cm³/mol. The van der Waals surface area contributed by atoms with Crippen LogP contribution in [0.5, 0.6) is 5.75 Å². The Kier molecular flexibility index (Phi) is 5.48. The van der Waals surface area contributed by atoms with Crippen LogP contribution in [-0.4, -0.2) is 39.5 Å². The standard InChI is InChI=1S/C19H13NO6S2/c1-26-18(25)11-4-2-10(3-5-11)8-15-16(22)20(19(27)28-15)12-6-7-14(21)13(9-12)17(23)24/h2-9,21H,1H3,(H,23,24). The fourth-order valence-corrected chi connectivity index (χ4v) is 3.81. The predicted octanol–water partition coefficient (Wildman–Crippen LogP) is 3.28. The quantitative estimate of drug-likeness (QED) is 0.445. The lowest BCUT2D eigenvalue weighted by Crippen LogP contribution is -2.27. The van der Waals surface area contributed by atoms with E-state index in [4.69, 9.17) is 17.3 Å². The van der Waals surface area contributed by atoms with Gasteiger partial charge in [0.1, 0.15) is 11.3 Å². The van der Waals surface area contributed by atoms with E-state index in [2.05, 4.69) is 4.74 Å². The molecule has 0 spiro atoms. The van der Waals surface area contributed by atoms with Gasteiger partial charge in [0, 0.05) is 0 Å². The molecule has 2 aromatic carbocycles. The largest absolute Gasteiger partial charge is 0.507 e. The number of thioether (sulfide) groups is 1. The Balaban J connectivity index is 1.89. The van der Waals surface area contributed by atoms with Gasteiger partial charge in [0.05, 0.1) is 23.3 Å². The van der Waals surface area contributed by atoms with Crippen LogP contribution in [0, 0.1) is 0 Å². The summed E-state index contributed by atoms with van der Waals surface area (Å²) in [6.45, 7) is 0. The Morgan fingerprint density at radius 2 is 1.86 bits per heavy atom. The maximum Gasteiger partial charge on any atom is 0.339 e. The van der Waals surface area contributed by atoms with Crippen LogP contribution in [0.25, 0.3) is 6.08 Å². The Bertz CT molecular complexity index is 1030. The van der Waals surface area contributed by atoms with Crippen molar-refractivity contribution in [2.24, 2.45) is 0 Å². The highest BCUT2D eigenvalue weighted by Gasteiger charge is 2.34. The van der Waals surface area contributed by atoms with Gasteiger partial charge in [0.15, 0.2) is 4.32 Å². The first-order valence-electron chi connectivity index (χ1n) is 7.84. The number of rotatable bonds is 4. The highest BCUT2D eigenvalue weighted by Crippen LogP contribution is 2.37. The van der Waals surface area contributed by atoms with Gasteiger partial charge in [0.2, 0.25) is 0 Å². The van der Waals surface area contributed by atoms with Gasteiger partial charge < -0.3 is 14.9 Å². The molecule has 7 nitrogen and oxygen atoms in total. The van der Waals surface area contributed by atoms with E-state index in [0.717, 1.165) is 11.8 Å². The molecule has 2 aromatic rings. The van der Waals surface area contributed by atoms with E-state index in [1.165, 1.54) is 30.2 Å². The number of ether oxygens (including phenoxy) is 1. The maximum absolute atomic E-state index is 12.8. The number of aromatic hydroxyl groups is 1. The first-order chi connectivity index (χ1) is 13.3. The second kappa shape index (κ2) is 7.83. The number of carboxylic acids is 1. The molecule has 1 fully saturated rings. The number of amides is 1. The molecule has 28 heavy (non-hydrogen) atoms. The monoisotopic (exact) mass is 415 g/mol. The molecule has 0 unspecified atom stereocenters. The van der Waals surface area contributed by atoms with Crippen LogP contribution in [0.4, 0.5) is 5.69 Å². The number of esters is 1. The zero-order valence-corrected chi connectivity index (χ0v) is 16.0. The van der Waals surface area contributed by atoms with Crippen molar-refractivity contribution in [1.29, 1.82) is 0 Å². The third-order valence-electron chi connectivity index (χ3n) is 3.89. The van der Waals surface area contributed by atoms with Gasteiger partial charge >= 0.3 is 11.9 Å².